The molecule has 174 valence electrons. The van der Waals surface area contributed by atoms with Crippen molar-refractivity contribution in [2.75, 3.05) is 21.3 Å². The van der Waals surface area contributed by atoms with Crippen LogP contribution in [0, 0.1) is 0 Å². The van der Waals surface area contributed by atoms with E-state index in [2.05, 4.69) is 15.0 Å². The van der Waals surface area contributed by atoms with Crippen LogP contribution in [-0.4, -0.2) is 42.1 Å². The molecule has 0 aliphatic rings. The monoisotopic (exact) mass is 465 g/mol. The molecule has 7 nitrogen and oxygen atoms in total. The fourth-order valence-corrected chi connectivity index (χ4v) is 4.09. The SMILES string of the molecule is COc1ccc(C(=O)c2[nH]c3ncnc(-c4ccc(OC)cc4)c3c2-c2ccc(OC)cc2)cc1. The summed E-state index contributed by atoms with van der Waals surface area (Å²) in [7, 11) is 4.84. The van der Waals surface area contributed by atoms with Gasteiger partial charge in [0.15, 0.2) is 0 Å². The van der Waals surface area contributed by atoms with Gasteiger partial charge < -0.3 is 19.2 Å². The Hall–Kier alpha value is -4.65. The lowest BCUT2D eigenvalue weighted by Crippen LogP contribution is -2.03. The summed E-state index contributed by atoms with van der Waals surface area (Å²) in [5, 5.41) is 0.764. The normalized spacial score (nSPS) is 10.8. The fraction of sp³-hybridized carbons (Fsp3) is 0.107. The van der Waals surface area contributed by atoms with E-state index in [1.54, 1.807) is 45.6 Å². The average Bonchev–Trinajstić information content (AvgIpc) is 3.32. The molecule has 0 bridgehead atoms. The topological polar surface area (TPSA) is 86.3 Å². The van der Waals surface area contributed by atoms with Gasteiger partial charge in [0.1, 0.15) is 29.2 Å². The van der Waals surface area contributed by atoms with Gasteiger partial charge in [0.25, 0.3) is 0 Å². The molecule has 0 spiro atoms. The smallest absolute Gasteiger partial charge is 0.209 e. The van der Waals surface area contributed by atoms with Gasteiger partial charge in [-0.1, -0.05) is 12.1 Å². The number of ether oxygens (including phenoxy) is 3. The molecule has 5 aromatic rings. The first-order valence-corrected chi connectivity index (χ1v) is 11.0. The maximum absolute atomic E-state index is 13.7. The quantitative estimate of drug-likeness (QED) is 0.317. The van der Waals surface area contributed by atoms with Crippen molar-refractivity contribution < 1.29 is 19.0 Å². The van der Waals surface area contributed by atoms with Crippen LogP contribution in [0.2, 0.25) is 0 Å². The van der Waals surface area contributed by atoms with Gasteiger partial charge >= 0.3 is 0 Å². The summed E-state index contributed by atoms with van der Waals surface area (Å²) in [4.78, 5) is 26.0. The minimum atomic E-state index is -0.155. The highest BCUT2D eigenvalue weighted by atomic mass is 16.5. The van der Waals surface area contributed by atoms with Crippen LogP contribution in [0.25, 0.3) is 33.4 Å². The molecule has 0 amide bonds. The molecule has 0 aliphatic carbocycles. The number of ketones is 1. The van der Waals surface area contributed by atoms with Gasteiger partial charge in [-0.2, -0.15) is 0 Å². The number of fused-ring (bicyclic) bond motifs is 1. The van der Waals surface area contributed by atoms with Crippen LogP contribution < -0.4 is 14.2 Å². The van der Waals surface area contributed by atoms with Crippen LogP contribution in [-0.2, 0) is 0 Å². The van der Waals surface area contributed by atoms with E-state index in [-0.39, 0.29) is 5.78 Å². The highest BCUT2D eigenvalue weighted by molar-refractivity contribution is 6.18. The van der Waals surface area contributed by atoms with E-state index in [0.717, 1.165) is 33.6 Å². The molecule has 0 radical (unpaired) electrons. The molecule has 35 heavy (non-hydrogen) atoms. The summed E-state index contributed by atoms with van der Waals surface area (Å²) in [6, 6.07) is 22.3. The molecule has 0 unspecified atom stereocenters. The number of aromatic amines is 1. The number of benzene rings is 3. The Balaban J connectivity index is 1.75. The molecule has 0 atom stereocenters. The average molecular weight is 466 g/mol. The minimum absolute atomic E-state index is 0.155. The molecule has 7 heteroatoms. The molecule has 0 saturated heterocycles. The molecular weight excluding hydrogens is 442 g/mol. The Bertz CT molecular complexity index is 1490. The highest BCUT2D eigenvalue weighted by Crippen LogP contribution is 2.39. The third-order valence-electron chi connectivity index (χ3n) is 5.91. The van der Waals surface area contributed by atoms with Crippen molar-refractivity contribution in [2.45, 2.75) is 0 Å². The zero-order valence-electron chi connectivity index (χ0n) is 19.5. The van der Waals surface area contributed by atoms with Gasteiger partial charge in [-0.15, -0.1) is 0 Å². The third kappa shape index (κ3) is 4.08. The van der Waals surface area contributed by atoms with Crippen molar-refractivity contribution in [3.05, 3.63) is 90.4 Å². The van der Waals surface area contributed by atoms with Crippen LogP contribution in [0.1, 0.15) is 16.1 Å². The van der Waals surface area contributed by atoms with Crippen molar-refractivity contribution in [1.82, 2.24) is 15.0 Å². The lowest BCUT2D eigenvalue weighted by Gasteiger charge is -2.09. The molecule has 2 aromatic heterocycles. The predicted octanol–water partition coefficient (Wildman–Crippen LogP) is 5.55. The van der Waals surface area contributed by atoms with E-state index >= 15 is 0 Å². The summed E-state index contributed by atoms with van der Waals surface area (Å²) >= 11 is 0. The first kappa shape index (κ1) is 22.2. The minimum Gasteiger partial charge on any atom is -0.497 e. The second-order valence-electron chi connectivity index (χ2n) is 7.84. The number of hydrogen-bond donors (Lipinski definition) is 1. The van der Waals surface area contributed by atoms with Crippen molar-refractivity contribution >= 4 is 16.8 Å². The Morgan fingerprint density at radius 3 is 1.74 bits per heavy atom. The summed E-state index contributed by atoms with van der Waals surface area (Å²) in [6.45, 7) is 0. The Kier molecular flexibility index (Phi) is 5.89. The number of hydrogen-bond acceptors (Lipinski definition) is 6. The molecule has 5 rings (SSSR count). The van der Waals surface area contributed by atoms with Gasteiger partial charge in [-0.05, 0) is 66.2 Å². The van der Waals surface area contributed by atoms with E-state index in [0.29, 0.717) is 28.3 Å². The second kappa shape index (κ2) is 9.30. The van der Waals surface area contributed by atoms with E-state index in [4.69, 9.17) is 14.2 Å². The Morgan fingerprint density at radius 2 is 1.20 bits per heavy atom. The number of methoxy groups -OCH3 is 3. The van der Waals surface area contributed by atoms with E-state index in [1.165, 1.54) is 6.33 Å². The number of H-pyrrole nitrogens is 1. The lowest BCUT2D eigenvalue weighted by molar-refractivity contribution is 0.103. The number of rotatable bonds is 7. The molecule has 2 heterocycles. The van der Waals surface area contributed by atoms with Crippen LogP contribution >= 0.6 is 0 Å². The standard InChI is InChI=1S/C28H23N3O4/c1-33-20-10-4-17(5-11-20)23-24-25(18-6-12-21(34-2)13-7-18)29-16-30-28(24)31-26(23)27(32)19-8-14-22(35-3)15-9-19/h4-16H,1-3H3,(H,29,30,31). The Morgan fingerprint density at radius 1 is 0.686 bits per heavy atom. The van der Waals surface area contributed by atoms with E-state index in [9.17, 15) is 4.79 Å². The molecule has 1 N–H and O–H groups in total. The van der Waals surface area contributed by atoms with Crippen LogP contribution in [0.5, 0.6) is 17.2 Å². The Labute approximate surface area is 202 Å². The van der Waals surface area contributed by atoms with Crippen molar-refractivity contribution in [1.29, 1.82) is 0 Å². The van der Waals surface area contributed by atoms with Crippen LogP contribution in [0.3, 0.4) is 0 Å². The van der Waals surface area contributed by atoms with Gasteiger partial charge in [-0.3, -0.25) is 4.79 Å². The number of aromatic nitrogens is 3. The molecule has 3 aromatic carbocycles. The molecule has 0 aliphatic heterocycles. The molecule has 0 fully saturated rings. The third-order valence-corrected chi connectivity index (χ3v) is 5.91. The van der Waals surface area contributed by atoms with E-state index in [1.807, 2.05) is 48.5 Å². The lowest BCUT2D eigenvalue weighted by atomic mass is 9.96. The summed E-state index contributed by atoms with van der Waals surface area (Å²) in [5.74, 6) is 2.00. The zero-order valence-corrected chi connectivity index (χ0v) is 19.5. The predicted molar refractivity (Wildman–Crippen MR) is 134 cm³/mol. The number of nitrogens with zero attached hydrogens (tertiary/aromatic N) is 2. The molecular formula is C28H23N3O4. The second-order valence-corrected chi connectivity index (χ2v) is 7.84. The zero-order chi connectivity index (χ0) is 24.4. The van der Waals surface area contributed by atoms with Gasteiger partial charge in [0.2, 0.25) is 5.78 Å². The number of carbonyl (C=O) groups excluding carboxylic acids is 1. The van der Waals surface area contributed by atoms with Crippen molar-refractivity contribution in [2.24, 2.45) is 0 Å². The van der Waals surface area contributed by atoms with Crippen molar-refractivity contribution in [3.8, 4) is 39.6 Å². The van der Waals surface area contributed by atoms with Crippen molar-refractivity contribution in [3.63, 3.8) is 0 Å². The fourth-order valence-electron chi connectivity index (χ4n) is 4.09. The van der Waals surface area contributed by atoms with E-state index < -0.39 is 0 Å². The summed E-state index contributed by atoms with van der Waals surface area (Å²) in [5.41, 5.74) is 4.72. The van der Waals surface area contributed by atoms with Crippen LogP contribution in [0.4, 0.5) is 0 Å². The van der Waals surface area contributed by atoms with Gasteiger partial charge in [-0.25, -0.2) is 9.97 Å². The highest BCUT2D eigenvalue weighted by Gasteiger charge is 2.24. The first-order valence-electron chi connectivity index (χ1n) is 11.0. The molecule has 0 saturated carbocycles. The summed E-state index contributed by atoms with van der Waals surface area (Å²) in [6.07, 6.45) is 1.50. The summed E-state index contributed by atoms with van der Waals surface area (Å²) < 4.78 is 15.9. The van der Waals surface area contributed by atoms with Crippen LogP contribution in [0.15, 0.2) is 79.1 Å². The largest absolute Gasteiger partial charge is 0.497 e. The first-order chi connectivity index (χ1) is 17.1. The van der Waals surface area contributed by atoms with Gasteiger partial charge in [0, 0.05) is 16.7 Å². The van der Waals surface area contributed by atoms with Gasteiger partial charge in [0.05, 0.1) is 38.1 Å². The number of nitrogens with one attached hydrogen (secondary N) is 1. The maximum atomic E-state index is 13.7. The maximum Gasteiger partial charge on any atom is 0.209 e. The number of carbonyl (C=O) groups is 1.